The van der Waals surface area contributed by atoms with Crippen LogP contribution in [0.3, 0.4) is 0 Å². The highest BCUT2D eigenvalue weighted by atomic mass is 31.2. The first-order chi connectivity index (χ1) is 20.7. The van der Waals surface area contributed by atoms with Gasteiger partial charge in [-0.2, -0.15) is 0 Å². The van der Waals surface area contributed by atoms with Crippen LogP contribution in [-0.4, -0.2) is 111 Å². The van der Waals surface area contributed by atoms with E-state index in [1.54, 1.807) is 0 Å². The summed E-state index contributed by atoms with van der Waals surface area (Å²) in [6, 6.07) is 5.80. The number of hydrogen-bond acceptors (Lipinski definition) is 15. The van der Waals surface area contributed by atoms with Gasteiger partial charge in [-0.3, -0.25) is 18.5 Å². The maximum Gasteiger partial charge on any atom is 0.340 e. The Hall–Kier alpha value is -2.90. The number of primary amides is 1. The normalized spacial score (nSPS) is 31.6. The number of aliphatic hydroxyl groups excluding tert-OH is 4. The molecule has 2 unspecified atom stereocenters. The van der Waals surface area contributed by atoms with Crippen LogP contribution in [0.1, 0.15) is 28.3 Å². The van der Waals surface area contributed by atoms with Crippen molar-refractivity contribution in [2.75, 3.05) is 24.9 Å². The first-order valence-electron chi connectivity index (χ1n) is 13.0. The predicted octanol–water partition coefficient (Wildman–Crippen LogP) is -1.65. The van der Waals surface area contributed by atoms with Gasteiger partial charge in [0.2, 0.25) is 5.91 Å². The van der Waals surface area contributed by atoms with Crippen molar-refractivity contribution in [1.29, 1.82) is 0 Å². The van der Waals surface area contributed by atoms with Crippen molar-refractivity contribution in [3.05, 3.63) is 48.0 Å². The molecule has 3 aromatic rings. The van der Waals surface area contributed by atoms with E-state index >= 15 is 0 Å². The molecule has 1 amide bonds. The molecule has 240 valence electrons. The minimum absolute atomic E-state index is 0.0681. The lowest BCUT2D eigenvalue weighted by Gasteiger charge is -2.21. The van der Waals surface area contributed by atoms with Crippen molar-refractivity contribution in [2.24, 2.45) is 5.73 Å². The minimum Gasteiger partial charge on any atom is -0.387 e. The molecule has 5 rings (SSSR count). The summed E-state index contributed by atoms with van der Waals surface area (Å²) < 4.78 is 47.6. The van der Waals surface area contributed by atoms with Crippen molar-refractivity contribution in [3.63, 3.8) is 0 Å². The molecule has 10 atom stereocenters. The van der Waals surface area contributed by atoms with Crippen molar-refractivity contribution in [3.8, 4) is 0 Å². The Balaban J connectivity index is 1.16. The van der Waals surface area contributed by atoms with Gasteiger partial charge in [0.1, 0.15) is 54.6 Å². The maximum absolute atomic E-state index is 12.7. The third-order valence-corrected chi connectivity index (χ3v) is 11.1. The lowest BCUT2D eigenvalue weighted by Crippen LogP contribution is -2.33. The highest BCUT2D eigenvalue weighted by molar-refractivity contribution is 7.70. The van der Waals surface area contributed by atoms with Gasteiger partial charge in [0.05, 0.1) is 19.5 Å². The fourth-order valence-corrected chi connectivity index (χ4v) is 8.09. The topological polar surface area (TPSA) is 305 Å². The number of anilines is 1. The molecule has 0 radical (unpaired) electrons. The summed E-state index contributed by atoms with van der Waals surface area (Å²) in [6.45, 7) is -1.53. The van der Waals surface area contributed by atoms with Crippen LogP contribution in [0.5, 0.6) is 0 Å². The molecule has 2 fully saturated rings. The average Bonchev–Trinajstić information content (AvgIpc) is 3.61. The third-order valence-electron chi connectivity index (χ3n) is 7.10. The van der Waals surface area contributed by atoms with Crippen LogP contribution in [0.4, 0.5) is 5.82 Å². The van der Waals surface area contributed by atoms with Crippen molar-refractivity contribution in [2.45, 2.75) is 49.0 Å². The van der Waals surface area contributed by atoms with E-state index in [0.29, 0.717) is 5.56 Å². The van der Waals surface area contributed by atoms with Crippen LogP contribution < -0.4 is 11.5 Å². The molecule has 19 nitrogen and oxygen atoms in total. The average molecular weight is 660 g/mol. The summed E-state index contributed by atoms with van der Waals surface area (Å²) in [5.41, 5.74) is 11.9. The number of nitrogen functional groups attached to an aromatic ring is 1. The Morgan fingerprint density at radius 3 is 2.23 bits per heavy atom. The number of aliphatic hydroxyl groups is 4. The van der Waals surface area contributed by atoms with E-state index in [1.165, 1.54) is 35.2 Å². The summed E-state index contributed by atoms with van der Waals surface area (Å²) in [4.78, 5) is 43.8. The standard InChI is InChI=1S/C23H30N6O13P2/c24-20-14-22(27-7-26-20)29(8-28-14)23-18(33)16(31)13(42-23)6-40-44(37,38)9-43(35,36)39-5-12-15(30)17(32)19(41-12)10-2-1-3-11(4-10)21(25)34/h1-4,7-8,12-13,15-19,23,30-33H,5-6,9H2,(H2,25,34)(H,35,36)(H,37,38)(H2,24,26,27)/t12-,13+,15-,16+,17-,18+,19+,23+/m1/s1. The summed E-state index contributed by atoms with van der Waals surface area (Å²) in [5, 5.41) is 41.8. The number of hydrogen-bond donors (Lipinski definition) is 8. The SMILES string of the molecule is NC(=O)c1cccc([C@@H]2O[C@H](COP(=O)(O)CP(=O)(O)OC[C@@H]3O[C@H](n4cnc5c(N)ncnc54)[C@@H](O)[C@H]3O)[C@@H](O)[C@H]2O)c1. The number of ether oxygens (including phenoxy) is 2. The van der Waals surface area contributed by atoms with Gasteiger partial charge in [-0.05, 0) is 17.7 Å². The molecule has 1 aromatic carbocycles. The molecular weight excluding hydrogens is 630 g/mol. The Labute approximate surface area is 248 Å². The molecule has 0 aliphatic carbocycles. The Kier molecular flexibility index (Phi) is 9.21. The highest BCUT2D eigenvalue weighted by Crippen LogP contribution is 2.58. The van der Waals surface area contributed by atoms with Gasteiger partial charge in [-0.15, -0.1) is 0 Å². The van der Waals surface area contributed by atoms with E-state index in [2.05, 4.69) is 15.0 Å². The number of benzene rings is 1. The van der Waals surface area contributed by atoms with Crippen molar-refractivity contribution in [1.82, 2.24) is 19.5 Å². The zero-order chi connectivity index (χ0) is 32.0. The molecule has 21 heteroatoms. The second kappa shape index (κ2) is 12.5. The smallest absolute Gasteiger partial charge is 0.340 e. The molecule has 2 aliphatic rings. The number of rotatable bonds is 11. The van der Waals surface area contributed by atoms with E-state index in [-0.39, 0.29) is 22.5 Å². The molecule has 2 aliphatic heterocycles. The second-order valence-corrected chi connectivity index (χ2v) is 14.4. The highest BCUT2D eigenvalue weighted by Gasteiger charge is 2.47. The van der Waals surface area contributed by atoms with Gasteiger partial charge >= 0.3 is 15.2 Å². The quantitative estimate of drug-likeness (QED) is 0.107. The molecule has 2 aromatic heterocycles. The maximum atomic E-state index is 12.7. The number of fused-ring (bicyclic) bond motifs is 1. The summed E-state index contributed by atoms with van der Waals surface area (Å²) in [6.07, 6.45) is -8.86. The fraction of sp³-hybridized carbons (Fsp3) is 0.478. The monoisotopic (exact) mass is 660 g/mol. The first kappa shape index (κ1) is 32.5. The van der Waals surface area contributed by atoms with E-state index in [1.807, 2.05) is 0 Å². The van der Waals surface area contributed by atoms with E-state index in [9.17, 15) is 44.1 Å². The number of nitrogens with two attached hydrogens (primary N) is 2. The number of nitrogens with zero attached hydrogens (tertiary/aromatic N) is 4. The third kappa shape index (κ3) is 6.69. The van der Waals surface area contributed by atoms with Gasteiger partial charge in [-0.1, -0.05) is 12.1 Å². The number of carbonyl (C=O) groups is 1. The minimum atomic E-state index is -4.87. The lowest BCUT2D eigenvalue weighted by atomic mass is 10.00. The summed E-state index contributed by atoms with van der Waals surface area (Å²) >= 11 is 0. The molecule has 2 saturated heterocycles. The second-order valence-electron chi connectivity index (χ2n) is 10.2. The molecule has 4 heterocycles. The van der Waals surface area contributed by atoms with E-state index in [0.717, 1.165) is 6.33 Å². The lowest BCUT2D eigenvalue weighted by molar-refractivity contribution is -0.0484. The number of carbonyl (C=O) groups excluding carboxylic acids is 1. The Bertz CT molecular complexity index is 1630. The molecular formula is C23H30N6O13P2. The largest absolute Gasteiger partial charge is 0.387 e. The number of amides is 1. The summed E-state index contributed by atoms with van der Waals surface area (Å²) in [5.74, 6) is -2.04. The van der Waals surface area contributed by atoms with Gasteiger partial charge in [-0.25, -0.2) is 15.0 Å². The molecule has 0 saturated carbocycles. The number of imidazole rings is 1. The zero-order valence-electron chi connectivity index (χ0n) is 22.6. The van der Waals surface area contributed by atoms with Gasteiger partial charge in [0, 0.05) is 5.56 Å². The van der Waals surface area contributed by atoms with Crippen LogP contribution in [0.2, 0.25) is 0 Å². The van der Waals surface area contributed by atoms with E-state index < -0.39 is 89.2 Å². The van der Waals surface area contributed by atoms with Crippen molar-refractivity contribution < 1.29 is 62.7 Å². The van der Waals surface area contributed by atoms with Crippen molar-refractivity contribution >= 4 is 38.1 Å². The first-order valence-corrected chi connectivity index (χ1v) is 16.5. The van der Waals surface area contributed by atoms with E-state index in [4.69, 9.17) is 30.0 Å². The zero-order valence-corrected chi connectivity index (χ0v) is 24.4. The Morgan fingerprint density at radius 1 is 0.932 bits per heavy atom. The fourth-order valence-electron chi connectivity index (χ4n) is 4.87. The molecule has 0 spiro atoms. The van der Waals surface area contributed by atoms with Crippen LogP contribution in [0.25, 0.3) is 11.2 Å². The van der Waals surface area contributed by atoms with Gasteiger partial charge < -0.3 is 60.2 Å². The van der Waals surface area contributed by atoms with Crippen LogP contribution >= 0.6 is 15.2 Å². The van der Waals surface area contributed by atoms with Crippen LogP contribution in [0, 0.1) is 0 Å². The van der Waals surface area contributed by atoms with Gasteiger partial charge in [0.15, 0.2) is 23.6 Å². The van der Waals surface area contributed by atoms with Crippen LogP contribution in [0.15, 0.2) is 36.9 Å². The van der Waals surface area contributed by atoms with Crippen LogP contribution in [-0.2, 0) is 27.7 Å². The van der Waals surface area contributed by atoms with Gasteiger partial charge in [0.25, 0.3) is 0 Å². The summed E-state index contributed by atoms with van der Waals surface area (Å²) in [7, 11) is -9.73. The molecule has 44 heavy (non-hydrogen) atoms. The molecule has 0 bridgehead atoms. The Morgan fingerprint density at radius 2 is 1.57 bits per heavy atom. The predicted molar refractivity (Wildman–Crippen MR) is 147 cm³/mol. The number of aromatic nitrogens is 4. The molecule has 10 N–H and O–H groups in total.